The van der Waals surface area contributed by atoms with Gasteiger partial charge in [-0.2, -0.15) is 10.4 Å². The molecule has 11 nitrogen and oxygen atoms in total. The van der Waals surface area contributed by atoms with E-state index in [0.29, 0.717) is 42.3 Å². The number of likely N-dealkylation sites (N-methyl/N-ethyl adjacent to an activating group) is 1. The van der Waals surface area contributed by atoms with Crippen LogP contribution in [0.3, 0.4) is 0 Å². The van der Waals surface area contributed by atoms with Crippen molar-refractivity contribution in [2.45, 2.75) is 25.9 Å². The lowest BCUT2D eigenvalue weighted by Gasteiger charge is -2.32. The van der Waals surface area contributed by atoms with Gasteiger partial charge in [0.1, 0.15) is 18.8 Å². The molecule has 3 rings (SSSR count). The summed E-state index contributed by atoms with van der Waals surface area (Å²) in [4.78, 5) is 41.0. The zero-order valence-corrected chi connectivity index (χ0v) is 20.5. The quantitative estimate of drug-likeness (QED) is 0.522. The largest absolute Gasteiger partial charge is 0.375 e. The van der Waals surface area contributed by atoms with E-state index in [9.17, 15) is 14.4 Å². The van der Waals surface area contributed by atoms with Gasteiger partial charge >= 0.3 is 0 Å². The third-order valence-corrected chi connectivity index (χ3v) is 5.75. The first-order chi connectivity index (χ1) is 16.8. The summed E-state index contributed by atoms with van der Waals surface area (Å²) in [6, 6.07) is 9.22. The van der Waals surface area contributed by atoms with E-state index in [-0.39, 0.29) is 43.3 Å². The monoisotopic (exact) mass is 481 g/mol. The average Bonchev–Trinajstić information content (AvgIpc) is 3.27. The number of methoxy groups -OCH3 is 1. The van der Waals surface area contributed by atoms with Gasteiger partial charge in [0.15, 0.2) is 0 Å². The van der Waals surface area contributed by atoms with Crippen molar-refractivity contribution in [3.8, 4) is 17.3 Å². The molecule has 1 atom stereocenters. The number of aromatic nitrogens is 2. The van der Waals surface area contributed by atoms with Crippen LogP contribution in [-0.4, -0.2) is 84.7 Å². The lowest BCUT2D eigenvalue weighted by Crippen LogP contribution is -2.47. The van der Waals surface area contributed by atoms with Gasteiger partial charge in [0, 0.05) is 39.4 Å². The maximum absolute atomic E-state index is 13.2. The maximum Gasteiger partial charge on any atom is 0.272 e. The number of anilines is 1. The van der Waals surface area contributed by atoms with Crippen LogP contribution in [0.4, 0.5) is 5.69 Å². The SMILES string of the molecule is CNCc1ccc(-c2cc3n(n2)C(C)CN(CC(=O)N(C)CCC#N)C3=O)c(NC(=O)COC)c1. The molecule has 35 heavy (non-hydrogen) atoms. The molecule has 2 N–H and O–H groups in total. The van der Waals surface area contributed by atoms with Gasteiger partial charge in [-0.1, -0.05) is 12.1 Å². The van der Waals surface area contributed by atoms with Crippen LogP contribution in [0.1, 0.15) is 35.4 Å². The van der Waals surface area contributed by atoms with E-state index in [2.05, 4.69) is 15.7 Å². The van der Waals surface area contributed by atoms with E-state index >= 15 is 0 Å². The number of hydrogen-bond donors (Lipinski definition) is 2. The predicted octanol–water partition coefficient (Wildman–Crippen LogP) is 1.24. The Hall–Kier alpha value is -3.75. The van der Waals surface area contributed by atoms with Crippen molar-refractivity contribution in [2.75, 3.05) is 52.8 Å². The zero-order valence-electron chi connectivity index (χ0n) is 20.5. The molecule has 1 aliphatic rings. The molecule has 0 fully saturated rings. The number of nitrogens with zero attached hydrogens (tertiary/aromatic N) is 5. The Bertz CT molecular complexity index is 1140. The molecular formula is C24H31N7O4. The van der Waals surface area contributed by atoms with Crippen LogP contribution in [0, 0.1) is 11.3 Å². The molecule has 0 aliphatic carbocycles. The molecule has 0 saturated carbocycles. The number of fused-ring (bicyclic) bond motifs is 1. The van der Waals surface area contributed by atoms with Gasteiger partial charge < -0.3 is 25.2 Å². The third kappa shape index (κ3) is 6.03. The first kappa shape index (κ1) is 25.9. The second-order valence-electron chi connectivity index (χ2n) is 8.51. The Balaban J connectivity index is 1.89. The van der Waals surface area contributed by atoms with Gasteiger partial charge in [-0.3, -0.25) is 19.1 Å². The molecule has 3 amide bonds. The summed E-state index contributed by atoms with van der Waals surface area (Å²) in [6.07, 6.45) is 0.235. The van der Waals surface area contributed by atoms with Crippen molar-refractivity contribution < 1.29 is 19.1 Å². The van der Waals surface area contributed by atoms with Crippen molar-refractivity contribution in [1.29, 1.82) is 5.26 Å². The Labute approximate surface area is 204 Å². The van der Waals surface area contributed by atoms with Crippen LogP contribution in [0.25, 0.3) is 11.3 Å². The normalized spacial score (nSPS) is 14.9. The number of nitrogens with one attached hydrogen (secondary N) is 2. The van der Waals surface area contributed by atoms with Crippen molar-refractivity contribution in [2.24, 2.45) is 0 Å². The molecule has 186 valence electrons. The van der Waals surface area contributed by atoms with Gasteiger partial charge in [-0.25, -0.2) is 0 Å². The van der Waals surface area contributed by atoms with Gasteiger partial charge in [0.2, 0.25) is 11.8 Å². The number of ether oxygens (including phenoxy) is 1. The van der Waals surface area contributed by atoms with Crippen molar-refractivity contribution in [3.05, 3.63) is 35.5 Å². The molecule has 1 aromatic heterocycles. The van der Waals surface area contributed by atoms with Gasteiger partial charge in [0.05, 0.1) is 29.9 Å². The van der Waals surface area contributed by atoms with E-state index in [1.165, 1.54) is 16.9 Å². The first-order valence-electron chi connectivity index (χ1n) is 11.4. The Morgan fingerprint density at radius 3 is 2.80 bits per heavy atom. The van der Waals surface area contributed by atoms with Crippen LogP contribution in [0.15, 0.2) is 24.3 Å². The fraction of sp³-hybridized carbons (Fsp3) is 0.458. The van der Waals surface area contributed by atoms with Gasteiger partial charge in [-0.15, -0.1) is 0 Å². The topological polar surface area (TPSA) is 133 Å². The highest BCUT2D eigenvalue weighted by molar-refractivity contribution is 5.99. The molecule has 2 aromatic rings. The molecule has 0 radical (unpaired) electrons. The summed E-state index contributed by atoms with van der Waals surface area (Å²) < 4.78 is 6.60. The van der Waals surface area contributed by atoms with Gasteiger partial charge in [0.25, 0.3) is 5.91 Å². The fourth-order valence-electron chi connectivity index (χ4n) is 3.98. The molecule has 1 unspecified atom stereocenters. The molecule has 2 heterocycles. The predicted molar refractivity (Wildman–Crippen MR) is 129 cm³/mol. The first-order valence-corrected chi connectivity index (χ1v) is 11.4. The highest BCUT2D eigenvalue weighted by atomic mass is 16.5. The van der Waals surface area contributed by atoms with Crippen molar-refractivity contribution in [3.63, 3.8) is 0 Å². The molecule has 0 spiro atoms. The third-order valence-electron chi connectivity index (χ3n) is 5.75. The summed E-state index contributed by atoms with van der Waals surface area (Å²) in [6.45, 7) is 3.05. The molecule has 11 heteroatoms. The van der Waals surface area contributed by atoms with Crippen LogP contribution in [-0.2, 0) is 20.9 Å². The maximum atomic E-state index is 13.2. The number of rotatable bonds is 10. The standard InChI is InChI=1S/C24H31N7O4/c1-16-13-30(14-23(33)29(3)9-5-8-25)24(34)21-11-20(28-31(16)21)18-7-6-17(12-26-2)10-19(18)27-22(32)15-35-4/h6-7,10-11,16,26H,5,9,12-15H2,1-4H3,(H,27,32). The van der Waals surface area contributed by atoms with E-state index < -0.39 is 0 Å². The minimum atomic E-state index is -0.297. The summed E-state index contributed by atoms with van der Waals surface area (Å²) in [7, 11) is 4.91. The van der Waals surface area contributed by atoms with E-state index in [0.717, 1.165) is 5.56 Å². The van der Waals surface area contributed by atoms with Crippen LogP contribution >= 0.6 is 0 Å². The van der Waals surface area contributed by atoms with Crippen LogP contribution in [0.2, 0.25) is 0 Å². The summed E-state index contributed by atoms with van der Waals surface area (Å²) >= 11 is 0. The number of carbonyl (C=O) groups excluding carboxylic acids is 3. The molecule has 0 bridgehead atoms. The van der Waals surface area contributed by atoms with E-state index in [1.807, 2.05) is 38.2 Å². The smallest absolute Gasteiger partial charge is 0.272 e. The van der Waals surface area contributed by atoms with Gasteiger partial charge in [-0.05, 0) is 31.7 Å². The number of amides is 3. The number of benzene rings is 1. The van der Waals surface area contributed by atoms with Crippen LogP contribution < -0.4 is 10.6 Å². The number of nitriles is 1. The number of carbonyl (C=O) groups is 3. The zero-order chi connectivity index (χ0) is 25.5. The second-order valence-corrected chi connectivity index (χ2v) is 8.51. The summed E-state index contributed by atoms with van der Waals surface area (Å²) in [5, 5.41) is 19.4. The van der Waals surface area contributed by atoms with Crippen molar-refractivity contribution >= 4 is 23.4 Å². The van der Waals surface area contributed by atoms with E-state index in [4.69, 9.17) is 10.00 Å². The molecule has 0 saturated heterocycles. The Morgan fingerprint density at radius 2 is 2.11 bits per heavy atom. The van der Waals surface area contributed by atoms with Crippen molar-refractivity contribution in [1.82, 2.24) is 24.9 Å². The van der Waals surface area contributed by atoms with E-state index in [1.54, 1.807) is 17.8 Å². The second kappa shape index (κ2) is 11.6. The molecule has 1 aliphatic heterocycles. The highest BCUT2D eigenvalue weighted by Crippen LogP contribution is 2.32. The summed E-state index contributed by atoms with van der Waals surface area (Å²) in [5.41, 5.74) is 3.14. The molecular weight excluding hydrogens is 450 g/mol. The lowest BCUT2D eigenvalue weighted by molar-refractivity contribution is -0.130. The molecule has 1 aromatic carbocycles. The highest BCUT2D eigenvalue weighted by Gasteiger charge is 2.33. The Kier molecular flexibility index (Phi) is 8.57. The minimum absolute atomic E-state index is 0.0668. The lowest BCUT2D eigenvalue weighted by atomic mass is 10.1. The average molecular weight is 482 g/mol. The Morgan fingerprint density at radius 1 is 1.34 bits per heavy atom. The number of hydrogen-bond acceptors (Lipinski definition) is 7. The fourth-order valence-corrected chi connectivity index (χ4v) is 3.98. The van der Waals surface area contributed by atoms with Crippen LogP contribution in [0.5, 0.6) is 0 Å². The minimum Gasteiger partial charge on any atom is -0.375 e. The summed E-state index contributed by atoms with van der Waals surface area (Å²) in [5.74, 6) is -0.813.